The number of carbonyl (C=O) groups excluding carboxylic acids is 2. The Balaban J connectivity index is 1.69. The molecule has 0 aliphatic heterocycles. The van der Waals surface area contributed by atoms with E-state index in [-0.39, 0.29) is 34.2 Å². The summed E-state index contributed by atoms with van der Waals surface area (Å²) in [5, 5.41) is 12.3. The second-order valence-corrected chi connectivity index (χ2v) is 9.39. The van der Waals surface area contributed by atoms with Gasteiger partial charge in [0.25, 0.3) is 0 Å². The van der Waals surface area contributed by atoms with Crippen LogP contribution in [0.4, 0.5) is 0 Å². The zero-order valence-electron chi connectivity index (χ0n) is 21.5. The molecule has 0 spiro atoms. The molecule has 3 aromatic carbocycles. The fraction of sp³-hybridized carbons (Fsp3) is 0.219. The molecule has 4 aromatic rings. The van der Waals surface area contributed by atoms with Crippen molar-refractivity contribution in [3.05, 3.63) is 105 Å². The highest BCUT2D eigenvalue weighted by molar-refractivity contribution is 6.11. The van der Waals surface area contributed by atoms with Gasteiger partial charge in [0.15, 0.2) is 11.2 Å². The summed E-state index contributed by atoms with van der Waals surface area (Å²) in [6.07, 6.45) is 1.17. The third-order valence-corrected chi connectivity index (χ3v) is 7.54. The number of ketones is 1. The lowest BCUT2D eigenvalue weighted by atomic mass is 9.68. The van der Waals surface area contributed by atoms with Crippen molar-refractivity contribution in [2.45, 2.75) is 45.4 Å². The van der Waals surface area contributed by atoms with Crippen LogP contribution in [0, 0.1) is 0 Å². The highest BCUT2D eigenvalue weighted by Gasteiger charge is 2.48. The SMILES string of the molecule is CCC1=C(O)c2c(oc(-c3ccc(OC(=O)c4ccccc4)c4ccccc34)cc2=O)C(CC)(CC)C1=O. The molecule has 192 valence electrons. The summed E-state index contributed by atoms with van der Waals surface area (Å²) in [5.74, 6) is -0.127. The Hall–Kier alpha value is -4.45. The minimum absolute atomic E-state index is 0.0617. The lowest BCUT2D eigenvalue weighted by Crippen LogP contribution is -2.41. The van der Waals surface area contributed by atoms with Crippen LogP contribution < -0.4 is 10.2 Å². The van der Waals surface area contributed by atoms with Crippen LogP contribution in [-0.4, -0.2) is 16.9 Å². The molecule has 6 heteroatoms. The van der Waals surface area contributed by atoms with E-state index < -0.39 is 16.8 Å². The molecule has 0 atom stereocenters. The summed E-state index contributed by atoms with van der Waals surface area (Å²) in [4.78, 5) is 39.7. The van der Waals surface area contributed by atoms with Crippen LogP contribution in [0.2, 0.25) is 0 Å². The van der Waals surface area contributed by atoms with Crippen molar-refractivity contribution in [2.24, 2.45) is 0 Å². The predicted octanol–water partition coefficient (Wildman–Crippen LogP) is 7.00. The molecule has 5 rings (SSSR count). The summed E-state index contributed by atoms with van der Waals surface area (Å²) in [7, 11) is 0. The van der Waals surface area contributed by atoms with Gasteiger partial charge in [-0.2, -0.15) is 0 Å². The van der Waals surface area contributed by atoms with E-state index in [1.807, 2.05) is 44.2 Å². The van der Waals surface area contributed by atoms with Gasteiger partial charge in [-0.3, -0.25) is 9.59 Å². The van der Waals surface area contributed by atoms with Gasteiger partial charge in [-0.25, -0.2) is 4.79 Å². The molecule has 6 nitrogen and oxygen atoms in total. The van der Waals surface area contributed by atoms with Crippen LogP contribution in [0.5, 0.6) is 5.75 Å². The molecule has 38 heavy (non-hydrogen) atoms. The monoisotopic (exact) mass is 508 g/mol. The van der Waals surface area contributed by atoms with Crippen molar-refractivity contribution in [3.63, 3.8) is 0 Å². The standard InChI is InChI=1S/C32H28O6/c1-4-20-28(34)27-24(33)18-26(37-30(27)32(5-2,6-3)29(20)35)23-16-17-25(22-15-11-10-14-21(22)23)38-31(36)19-12-8-7-9-13-19/h7-18,34H,4-6H2,1-3H3. The third-order valence-electron chi connectivity index (χ3n) is 7.54. The number of ether oxygens (including phenoxy) is 1. The number of allylic oxidation sites excluding steroid dienone is 1. The largest absolute Gasteiger partial charge is 0.507 e. The van der Waals surface area contributed by atoms with Crippen LogP contribution in [-0.2, 0) is 10.2 Å². The van der Waals surface area contributed by atoms with Gasteiger partial charge in [0.05, 0.1) is 11.0 Å². The number of rotatable bonds is 6. The number of fused-ring (bicyclic) bond motifs is 2. The van der Waals surface area contributed by atoms with Crippen molar-refractivity contribution < 1.29 is 23.8 Å². The predicted molar refractivity (Wildman–Crippen MR) is 146 cm³/mol. The number of benzene rings is 3. The smallest absolute Gasteiger partial charge is 0.343 e. The summed E-state index contributed by atoms with van der Waals surface area (Å²) in [6.45, 7) is 5.57. The lowest BCUT2D eigenvalue weighted by Gasteiger charge is -2.35. The Kier molecular flexibility index (Phi) is 6.49. The average Bonchev–Trinajstić information content (AvgIpc) is 2.94. The van der Waals surface area contributed by atoms with E-state index in [4.69, 9.17) is 9.15 Å². The minimum atomic E-state index is -1.04. The third kappa shape index (κ3) is 3.84. The average molecular weight is 509 g/mol. The molecular weight excluding hydrogens is 480 g/mol. The summed E-state index contributed by atoms with van der Waals surface area (Å²) < 4.78 is 12.1. The molecule has 0 saturated carbocycles. The van der Waals surface area contributed by atoms with Gasteiger partial charge in [-0.05, 0) is 48.9 Å². The number of aliphatic hydroxyl groups excluding tert-OH is 1. The van der Waals surface area contributed by atoms with Crippen molar-refractivity contribution >= 4 is 28.3 Å². The first-order valence-electron chi connectivity index (χ1n) is 12.8. The molecular formula is C32H28O6. The topological polar surface area (TPSA) is 93.8 Å². The maximum Gasteiger partial charge on any atom is 0.343 e. The van der Waals surface area contributed by atoms with Crippen LogP contribution in [0.3, 0.4) is 0 Å². The lowest BCUT2D eigenvalue weighted by molar-refractivity contribution is -0.122. The van der Waals surface area contributed by atoms with Gasteiger partial charge in [0.1, 0.15) is 28.6 Å². The van der Waals surface area contributed by atoms with Gasteiger partial charge in [-0.1, -0.05) is 63.2 Å². The molecule has 0 saturated heterocycles. The number of carbonyl (C=O) groups is 2. The zero-order chi connectivity index (χ0) is 27.0. The maximum atomic E-state index is 13.5. The molecule has 0 fully saturated rings. The number of aliphatic hydroxyl groups is 1. The highest BCUT2D eigenvalue weighted by Crippen LogP contribution is 2.45. The Labute approximate surface area is 220 Å². The van der Waals surface area contributed by atoms with E-state index in [0.29, 0.717) is 46.9 Å². The first kappa shape index (κ1) is 25.2. The maximum absolute atomic E-state index is 13.5. The fourth-order valence-corrected chi connectivity index (χ4v) is 5.37. The number of esters is 1. The van der Waals surface area contributed by atoms with Gasteiger partial charge < -0.3 is 14.3 Å². The van der Waals surface area contributed by atoms with Crippen LogP contribution in [0.15, 0.2) is 87.6 Å². The van der Waals surface area contributed by atoms with Gasteiger partial charge in [0.2, 0.25) is 0 Å². The first-order chi connectivity index (χ1) is 18.4. The first-order valence-corrected chi connectivity index (χ1v) is 12.8. The molecule has 1 aliphatic rings. The Morgan fingerprint density at radius 1 is 0.895 bits per heavy atom. The Morgan fingerprint density at radius 2 is 1.55 bits per heavy atom. The number of hydrogen-bond donors (Lipinski definition) is 1. The number of Topliss-reactive ketones (excluding diaryl/α,β-unsaturated/α-hetero) is 1. The van der Waals surface area contributed by atoms with Crippen LogP contribution in [0.25, 0.3) is 27.9 Å². The summed E-state index contributed by atoms with van der Waals surface area (Å²) in [6, 6.07) is 20.9. The summed E-state index contributed by atoms with van der Waals surface area (Å²) >= 11 is 0. The van der Waals surface area contributed by atoms with E-state index in [0.717, 1.165) is 0 Å². The molecule has 0 amide bonds. The number of hydrogen-bond acceptors (Lipinski definition) is 6. The van der Waals surface area contributed by atoms with E-state index in [1.54, 1.807) is 43.3 Å². The van der Waals surface area contributed by atoms with Crippen LogP contribution >= 0.6 is 0 Å². The second-order valence-electron chi connectivity index (χ2n) is 9.39. The fourth-order valence-electron chi connectivity index (χ4n) is 5.37. The molecule has 1 aliphatic carbocycles. The van der Waals surface area contributed by atoms with Gasteiger partial charge >= 0.3 is 5.97 Å². The molecule has 0 bridgehead atoms. The van der Waals surface area contributed by atoms with E-state index >= 15 is 0 Å². The minimum Gasteiger partial charge on any atom is -0.507 e. The van der Waals surface area contributed by atoms with Gasteiger partial charge in [0, 0.05) is 22.6 Å². The molecule has 1 aromatic heterocycles. The van der Waals surface area contributed by atoms with E-state index in [9.17, 15) is 19.5 Å². The second kappa shape index (κ2) is 9.78. The molecule has 0 unspecified atom stereocenters. The van der Waals surface area contributed by atoms with Crippen molar-refractivity contribution in [2.75, 3.05) is 0 Å². The Morgan fingerprint density at radius 3 is 2.21 bits per heavy atom. The van der Waals surface area contributed by atoms with Crippen molar-refractivity contribution in [1.82, 2.24) is 0 Å². The summed E-state index contributed by atoms with van der Waals surface area (Å²) in [5.41, 5.74) is -0.0857. The highest BCUT2D eigenvalue weighted by atomic mass is 16.5. The normalized spacial score (nSPS) is 14.4. The van der Waals surface area contributed by atoms with E-state index in [1.165, 1.54) is 6.07 Å². The van der Waals surface area contributed by atoms with Gasteiger partial charge in [-0.15, -0.1) is 0 Å². The van der Waals surface area contributed by atoms with E-state index in [2.05, 4.69) is 0 Å². The quantitative estimate of drug-likeness (QED) is 0.223. The zero-order valence-corrected chi connectivity index (χ0v) is 21.5. The molecule has 0 radical (unpaired) electrons. The van der Waals surface area contributed by atoms with Crippen LogP contribution in [0.1, 0.15) is 61.7 Å². The molecule has 1 heterocycles. The van der Waals surface area contributed by atoms with Crippen molar-refractivity contribution in [1.29, 1.82) is 0 Å². The molecule has 1 N–H and O–H groups in total. The Bertz CT molecular complexity index is 1650. The van der Waals surface area contributed by atoms with Crippen molar-refractivity contribution in [3.8, 4) is 17.1 Å².